The Balaban J connectivity index is 2.06. The topological polar surface area (TPSA) is 12.0 Å². The molecule has 1 aliphatic carbocycles. The van der Waals surface area contributed by atoms with Crippen LogP contribution in [0.5, 0.6) is 0 Å². The van der Waals surface area contributed by atoms with Crippen molar-refractivity contribution in [2.24, 2.45) is 5.92 Å². The van der Waals surface area contributed by atoms with Gasteiger partial charge >= 0.3 is 0 Å². The molecule has 0 bridgehead atoms. The van der Waals surface area contributed by atoms with Gasteiger partial charge in [-0.15, -0.1) is 0 Å². The smallest absolute Gasteiger partial charge is 0.0383 e. The highest BCUT2D eigenvalue weighted by Gasteiger charge is 2.25. The van der Waals surface area contributed by atoms with E-state index in [1.165, 1.54) is 28.6 Å². The Morgan fingerprint density at radius 3 is 2.71 bits per heavy atom. The summed E-state index contributed by atoms with van der Waals surface area (Å²) in [4.78, 5) is 0. The third kappa shape index (κ3) is 1.95. The SMILES string of the molecule is Cc1c(Br)cccc1NC1CC(C)C1. The Labute approximate surface area is 94.0 Å². The summed E-state index contributed by atoms with van der Waals surface area (Å²) < 4.78 is 1.19. The lowest BCUT2D eigenvalue weighted by atomic mass is 9.82. The van der Waals surface area contributed by atoms with E-state index in [2.05, 4.69) is 53.3 Å². The Morgan fingerprint density at radius 1 is 1.36 bits per heavy atom. The second kappa shape index (κ2) is 3.93. The van der Waals surface area contributed by atoms with Crippen LogP contribution in [0.1, 0.15) is 25.3 Å². The predicted octanol–water partition coefficient (Wildman–Crippen LogP) is 3.97. The molecule has 14 heavy (non-hydrogen) atoms. The molecule has 0 radical (unpaired) electrons. The van der Waals surface area contributed by atoms with E-state index in [4.69, 9.17) is 0 Å². The minimum Gasteiger partial charge on any atom is -0.382 e. The predicted molar refractivity (Wildman–Crippen MR) is 64.7 cm³/mol. The summed E-state index contributed by atoms with van der Waals surface area (Å²) in [7, 11) is 0. The van der Waals surface area contributed by atoms with E-state index in [1.54, 1.807) is 0 Å². The minimum absolute atomic E-state index is 0.693. The van der Waals surface area contributed by atoms with Crippen molar-refractivity contribution in [3.05, 3.63) is 28.2 Å². The van der Waals surface area contributed by atoms with Gasteiger partial charge in [0.15, 0.2) is 0 Å². The molecule has 1 saturated carbocycles. The molecule has 0 unspecified atom stereocenters. The third-order valence-corrected chi connectivity index (χ3v) is 3.86. The van der Waals surface area contributed by atoms with Crippen molar-refractivity contribution in [3.8, 4) is 0 Å². The number of anilines is 1. The number of hydrogen-bond acceptors (Lipinski definition) is 1. The molecule has 1 aliphatic rings. The van der Waals surface area contributed by atoms with E-state index in [0.29, 0.717) is 6.04 Å². The number of halogens is 1. The van der Waals surface area contributed by atoms with Crippen molar-refractivity contribution in [2.75, 3.05) is 5.32 Å². The molecule has 0 atom stereocenters. The molecule has 1 fully saturated rings. The highest BCUT2D eigenvalue weighted by atomic mass is 79.9. The first-order chi connectivity index (χ1) is 6.66. The summed E-state index contributed by atoms with van der Waals surface area (Å²) >= 11 is 3.55. The number of rotatable bonds is 2. The minimum atomic E-state index is 0.693. The van der Waals surface area contributed by atoms with Crippen LogP contribution in [-0.4, -0.2) is 6.04 Å². The van der Waals surface area contributed by atoms with Gasteiger partial charge in [0, 0.05) is 16.2 Å². The number of nitrogens with one attached hydrogen (secondary N) is 1. The van der Waals surface area contributed by atoms with Crippen LogP contribution in [0.4, 0.5) is 5.69 Å². The first-order valence-electron chi connectivity index (χ1n) is 5.18. The molecule has 1 N–H and O–H groups in total. The van der Waals surface area contributed by atoms with E-state index in [0.717, 1.165) is 5.92 Å². The average Bonchev–Trinajstić information content (AvgIpc) is 2.10. The van der Waals surface area contributed by atoms with Crippen LogP contribution in [-0.2, 0) is 0 Å². The van der Waals surface area contributed by atoms with Gasteiger partial charge < -0.3 is 5.32 Å². The van der Waals surface area contributed by atoms with Gasteiger partial charge in [0.2, 0.25) is 0 Å². The van der Waals surface area contributed by atoms with Gasteiger partial charge in [-0.2, -0.15) is 0 Å². The summed E-state index contributed by atoms with van der Waals surface area (Å²) in [5.74, 6) is 0.903. The quantitative estimate of drug-likeness (QED) is 0.842. The van der Waals surface area contributed by atoms with Crippen molar-refractivity contribution < 1.29 is 0 Å². The lowest BCUT2D eigenvalue weighted by Gasteiger charge is -2.34. The summed E-state index contributed by atoms with van der Waals surface area (Å²) in [5, 5.41) is 3.59. The molecule has 1 aromatic rings. The van der Waals surface area contributed by atoms with Crippen LogP contribution in [0.2, 0.25) is 0 Å². The molecule has 1 nitrogen and oxygen atoms in total. The Bertz CT molecular complexity index is 329. The zero-order valence-electron chi connectivity index (χ0n) is 8.68. The van der Waals surface area contributed by atoms with Gasteiger partial charge in [-0.3, -0.25) is 0 Å². The average molecular weight is 254 g/mol. The molecular formula is C12H16BrN. The van der Waals surface area contributed by atoms with Crippen LogP contribution >= 0.6 is 15.9 Å². The van der Waals surface area contributed by atoms with Gasteiger partial charge in [0.1, 0.15) is 0 Å². The van der Waals surface area contributed by atoms with Gasteiger partial charge in [0.25, 0.3) is 0 Å². The Kier molecular flexibility index (Phi) is 2.82. The van der Waals surface area contributed by atoms with Crippen LogP contribution in [0.15, 0.2) is 22.7 Å². The maximum atomic E-state index is 3.59. The van der Waals surface area contributed by atoms with Crippen LogP contribution in [0, 0.1) is 12.8 Å². The molecule has 1 aromatic carbocycles. The van der Waals surface area contributed by atoms with E-state index in [1.807, 2.05) is 0 Å². The monoisotopic (exact) mass is 253 g/mol. The number of benzene rings is 1. The fraction of sp³-hybridized carbons (Fsp3) is 0.500. The van der Waals surface area contributed by atoms with Gasteiger partial charge in [0.05, 0.1) is 0 Å². The van der Waals surface area contributed by atoms with Gasteiger partial charge in [-0.05, 0) is 43.4 Å². The maximum Gasteiger partial charge on any atom is 0.0383 e. The van der Waals surface area contributed by atoms with E-state index in [-0.39, 0.29) is 0 Å². The van der Waals surface area contributed by atoms with E-state index in [9.17, 15) is 0 Å². The van der Waals surface area contributed by atoms with Crippen molar-refractivity contribution in [1.82, 2.24) is 0 Å². The maximum absolute atomic E-state index is 3.59. The lowest BCUT2D eigenvalue weighted by molar-refractivity contribution is 0.309. The van der Waals surface area contributed by atoms with Crippen LogP contribution < -0.4 is 5.32 Å². The van der Waals surface area contributed by atoms with Crippen LogP contribution in [0.25, 0.3) is 0 Å². The fourth-order valence-electron chi connectivity index (χ4n) is 2.00. The van der Waals surface area contributed by atoms with Crippen molar-refractivity contribution in [3.63, 3.8) is 0 Å². The molecule has 0 amide bonds. The largest absolute Gasteiger partial charge is 0.382 e. The second-order valence-corrected chi connectivity index (χ2v) is 5.18. The third-order valence-electron chi connectivity index (χ3n) is 3.00. The van der Waals surface area contributed by atoms with Crippen molar-refractivity contribution in [2.45, 2.75) is 32.7 Å². The van der Waals surface area contributed by atoms with Gasteiger partial charge in [-0.25, -0.2) is 0 Å². The highest BCUT2D eigenvalue weighted by Crippen LogP contribution is 2.31. The molecule has 0 heterocycles. The molecule has 0 aromatic heterocycles. The first-order valence-corrected chi connectivity index (χ1v) is 5.98. The molecule has 2 heteroatoms. The molecule has 0 spiro atoms. The van der Waals surface area contributed by atoms with Crippen molar-refractivity contribution in [1.29, 1.82) is 0 Å². The molecular weight excluding hydrogens is 238 g/mol. The molecule has 76 valence electrons. The first kappa shape index (κ1) is 10.0. The fourth-order valence-corrected chi connectivity index (χ4v) is 2.37. The number of hydrogen-bond donors (Lipinski definition) is 1. The van der Waals surface area contributed by atoms with Gasteiger partial charge in [-0.1, -0.05) is 28.9 Å². The van der Waals surface area contributed by atoms with E-state index >= 15 is 0 Å². The summed E-state index contributed by atoms with van der Waals surface area (Å²) in [5.41, 5.74) is 2.59. The lowest BCUT2D eigenvalue weighted by Crippen LogP contribution is -2.33. The zero-order valence-corrected chi connectivity index (χ0v) is 10.3. The zero-order chi connectivity index (χ0) is 10.1. The Morgan fingerprint density at radius 2 is 2.07 bits per heavy atom. The highest BCUT2D eigenvalue weighted by molar-refractivity contribution is 9.10. The molecule has 0 aliphatic heterocycles. The molecule has 2 rings (SSSR count). The summed E-state index contributed by atoms with van der Waals surface area (Å²) in [6, 6.07) is 7.02. The Hall–Kier alpha value is -0.500. The van der Waals surface area contributed by atoms with Crippen LogP contribution in [0.3, 0.4) is 0 Å². The second-order valence-electron chi connectivity index (χ2n) is 4.33. The summed E-state index contributed by atoms with van der Waals surface area (Å²) in [6.07, 6.45) is 2.62. The normalized spacial score (nSPS) is 25.6. The standard InChI is InChI=1S/C12H16BrN/c1-8-6-10(7-8)14-12-5-3-4-11(13)9(12)2/h3-5,8,10,14H,6-7H2,1-2H3. The molecule has 0 saturated heterocycles. The van der Waals surface area contributed by atoms with Crippen molar-refractivity contribution >= 4 is 21.6 Å². The summed E-state index contributed by atoms with van der Waals surface area (Å²) in [6.45, 7) is 4.46. The van der Waals surface area contributed by atoms with E-state index < -0.39 is 0 Å².